The summed E-state index contributed by atoms with van der Waals surface area (Å²) in [7, 11) is 0. The SMILES string of the molecule is c1ccc(-c2nc(-c3ccccc3)nc(-c3cccc(-c4c(-c5ccc6oc7ccccc7c6c5)ccc5c4oc4ccccc45)c3)n2)cc1. The summed E-state index contributed by atoms with van der Waals surface area (Å²) in [5, 5.41) is 4.32. The molecule has 0 unspecified atom stereocenters. The van der Waals surface area contributed by atoms with E-state index in [1.165, 1.54) is 0 Å². The first-order valence-electron chi connectivity index (χ1n) is 16.6. The van der Waals surface area contributed by atoms with Crippen molar-refractivity contribution in [2.75, 3.05) is 0 Å². The number of benzene rings is 7. The van der Waals surface area contributed by atoms with Crippen LogP contribution >= 0.6 is 0 Å². The molecule has 0 radical (unpaired) electrons. The molecule has 0 N–H and O–H groups in total. The molecule has 0 saturated carbocycles. The normalized spacial score (nSPS) is 11.6. The van der Waals surface area contributed by atoms with Crippen LogP contribution in [0.3, 0.4) is 0 Å². The van der Waals surface area contributed by atoms with Gasteiger partial charge in [0.15, 0.2) is 17.5 Å². The fourth-order valence-corrected chi connectivity index (χ4v) is 6.96. The predicted molar refractivity (Wildman–Crippen MR) is 202 cm³/mol. The summed E-state index contributed by atoms with van der Waals surface area (Å²) in [6.07, 6.45) is 0. The van der Waals surface area contributed by atoms with Crippen molar-refractivity contribution in [3.8, 4) is 56.4 Å². The molecule has 3 heterocycles. The lowest BCUT2D eigenvalue weighted by molar-refractivity contribution is 0.669. The van der Waals surface area contributed by atoms with Crippen molar-refractivity contribution in [1.29, 1.82) is 0 Å². The summed E-state index contributed by atoms with van der Waals surface area (Å²) in [4.78, 5) is 14.9. The zero-order valence-corrected chi connectivity index (χ0v) is 26.7. The molecule has 0 aliphatic rings. The lowest BCUT2D eigenvalue weighted by Gasteiger charge is -2.13. The second-order valence-corrected chi connectivity index (χ2v) is 12.4. The van der Waals surface area contributed by atoms with Crippen molar-refractivity contribution in [3.05, 3.63) is 164 Å². The van der Waals surface area contributed by atoms with E-state index in [2.05, 4.69) is 78.9 Å². The second kappa shape index (κ2) is 11.4. The highest BCUT2D eigenvalue weighted by molar-refractivity contribution is 6.14. The first-order chi connectivity index (χ1) is 24.8. The Morgan fingerprint density at radius 1 is 0.320 bits per heavy atom. The monoisotopic (exact) mass is 641 g/mol. The van der Waals surface area contributed by atoms with Gasteiger partial charge in [-0.25, -0.2) is 15.0 Å². The van der Waals surface area contributed by atoms with Gasteiger partial charge >= 0.3 is 0 Å². The van der Waals surface area contributed by atoms with Crippen LogP contribution in [0.2, 0.25) is 0 Å². The molecule has 234 valence electrons. The summed E-state index contributed by atoms with van der Waals surface area (Å²) >= 11 is 0. The van der Waals surface area contributed by atoms with Crippen molar-refractivity contribution in [2.45, 2.75) is 0 Å². The molecule has 0 fully saturated rings. The minimum absolute atomic E-state index is 0.601. The summed E-state index contributed by atoms with van der Waals surface area (Å²) in [6.45, 7) is 0. The maximum Gasteiger partial charge on any atom is 0.164 e. The number of para-hydroxylation sites is 2. The van der Waals surface area contributed by atoms with E-state index in [9.17, 15) is 0 Å². The fourth-order valence-electron chi connectivity index (χ4n) is 6.96. The lowest BCUT2D eigenvalue weighted by atomic mass is 9.91. The van der Waals surface area contributed by atoms with Crippen molar-refractivity contribution in [3.63, 3.8) is 0 Å². The van der Waals surface area contributed by atoms with Crippen LogP contribution < -0.4 is 0 Å². The largest absolute Gasteiger partial charge is 0.456 e. The molecule has 0 amide bonds. The van der Waals surface area contributed by atoms with E-state index in [0.717, 1.165) is 82.8 Å². The summed E-state index contributed by atoms with van der Waals surface area (Å²) < 4.78 is 12.9. The Bertz CT molecular complexity index is 2810. The van der Waals surface area contributed by atoms with Gasteiger partial charge in [0.1, 0.15) is 22.3 Å². The zero-order valence-electron chi connectivity index (χ0n) is 26.7. The highest BCUT2D eigenvalue weighted by Crippen LogP contribution is 2.44. The second-order valence-electron chi connectivity index (χ2n) is 12.4. The smallest absolute Gasteiger partial charge is 0.164 e. The molecule has 0 bridgehead atoms. The average molecular weight is 642 g/mol. The number of fused-ring (bicyclic) bond motifs is 6. The Balaban J connectivity index is 1.20. The van der Waals surface area contributed by atoms with E-state index < -0.39 is 0 Å². The molecule has 10 aromatic rings. The highest BCUT2D eigenvalue weighted by Gasteiger charge is 2.20. The van der Waals surface area contributed by atoms with Crippen LogP contribution in [0.5, 0.6) is 0 Å². The van der Waals surface area contributed by atoms with E-state index >= 15 is 0 Å². The van der Waals surface area contributed by atoms with Crippen LogP contribution in [0.1, 0.15) is 0 Å². The van der Waals surface area contributed by atoms with E-state index in [0.29, 0.717) is 17.5 Å². The minimum Gasteiger partial charge on any atom is -0.456 e. The minimum atomic E-state index is 0.601. The molecule has 5 nitrogen and oxygen atoms in total. The average Bonchev–Trinajstić information content (AvgIpc) is 3.76. The summed E-state index contributed by atoms with van der Waals surface area (Å²) in [5.41, 5.74) is 10.3. The van der Waals surface area contributed by atoms with Crippen molar-refractivity contribution < 1.29 is 8.83 Å². The Morgan fingerprint density at radius 3 is 1.56 bits per heavy atom. The van der Waals surface area contributed by atoms with Gasteiger partial charge in [0.25, 0.3) is 0 Å². The first kappa shape index (κ1) is 28.2. The number of nitrogens with zero attached hydrogens (tertiary/aromatic N) is 3. The number of aromatic nitrogens is 3. The molecule has 10 rings (SSSR count). The fraction of sp³-hybridized carbons (Fsp3) is 0. The Kier molecular flexibility index (Phi) is 6.42. The van der Waals surface area contributed by atoms with Gasteiger partial charge in [-0.15, -0.1) is 0 Å². The maximum atomic E-state index is 6.68. The van der Waals surface area contributed by atoms with Crippen molar-refractivity contribution >= 4 is 43.9 Å². The topological polar surface area (TPSA) is 65.0 Å². The van der Waals surface area contributed by atoms with Crippen molar-refractivity contribution in [1.82, 2.24) is 15.0 Å². The van der Waals surface area contributed by atoms with Gasteiger partial charge in [-0.05, 0) is 53.1 Å². The molecule has 7 aromatic carbocycles. The molecule has 0 atom stereocenters. The van der Waals surface area contributed by atoms with E-state index in [-0.39, 0.29) is 0 Å². The zero-order chi connectivity index (χ0) is 33.0. The van der Waals surface area contributed by atoms with Gasteiger partial charge in [0, 0.05) is 43.8 Å². The van der Waals surface area contributed by atoms with Gasteiger partial charge in [-0.2, -0.15) is 0 Å². The molecular formula is C45H27N3O2. The van der Waals surface area contributed by atoms with Gasteiger partial charge in [0.2, 0.25) is 0 Å². The Morgan fingerprint density at radius 2 is 0.860 bits per heavy atom. The molecule has 0 spiro atoms. The van der Waals surface area contributed by atoms with Gasteiger partial charge < -0.3 is 8.83 Å². The summed E-state index contributed by atoms with van der Waals surface area (Å²) in [5.74, 6) is 1.85. The molecule has 5 heteroatoms. The Labute approximate surface area is 287 Å². The van der Waals surface area contributed by atoms with Crippen LogP contribution in [-0.4, -0.2) is 15.0 Å². The van der Waals surface area contributed by atoms with Crippen molar-refractivity contribution in [2.24, 2.45) is 0 Å². The van der Waals surface area contributed by atoms with Crippen LogP contribution in [0, 0.1) is 0 Å². The van der Waals surface area contributed by atoms with E-state index in [1.54, 1.807) is 0 Å². The summed E-state index contributed by atoms with van der Waals surface area (Å²) in [6, 6.07) is 55.7. The number of furan rings is 2. The maximum absolute atomic E-state index is 6.68. The number of hydrogen-bond acceptors (Lipinski definition) is 5. The third-order valence-electron chi connectivity index (χ3n) is 9.34. The molecule has 0 saturated heterocycles. The number of hydrogen-bond donors (Lipinski definition) is 0. The predicted octanol–water partition coefficient (Wildman–Crippen LogP) is 12.0. The van der Waals surface area contributed by atoms with Crippen LogP contribution in [-0.2, 0) is 0 Å². The van der Waals surface area contributed by atoms with Crippen LogP contribution in [0.4, 0.5) is 0 Å². The van der Waals surface area contributed by atoms with E-state index in [1.807, 2.05) is 84.9 Å². The quantitative estimate of drug-likeness (QED) is 0.187. The van der Waals surface area contributed by atoms with Gasteiger partial charge in [-0.3, -0.25) is 0 Å². The Hall–Kier alpha value is -6.85. The van der Waals surface area contributed by atoms with Crippen LogP contribution in [0.25, 0.3) is 100 Å². The first-order valence-corrected chi connectivity index (χ1v) is 16.6. The number of rotatable bonds is 5. The standard InChI is InChI=1S/C45H27N3O2/c1-3-12-28(13-4-1)43-46-44(29-14-5-2-6-15-29)48-45(47-43)32-17-11-16-31(26-32)41-33(23-24-36-34-18-7-10-21-39(34)50-42(36)41)30-22-25-40-37(27-30)35-19-8-9-20-38(35)49-40/h1-27H. The lowest BCUT2D eigenvalue weighted by Crippen LogP contribution is -2.00. The third kappa shape index (κ3) is 4.67. The molecular weight excluding hydrogens is 615 g/mol. The van der Waals surface area contributed by atoms with Crippen LogP contribution in [0.15, 0.2) is 173 Å². The third-order valence-corrected chi connectivity index (χ3v) is 9.34. The molecule has 50 heavy (non-hydrogen) atoms. The molecule has 3 aromatic heterocycles. The van der Waals surface area contributed by atoms with Gasteiger partial charge in [0.05, 0.1) is 0 Å². The van der Waals surface area contributed by atoms with Gasteiger partial charge in [-0.1, -0.05) is 127 Å². The molecule has 0 aliphatic carbocycles. The molecule has 0 aliphatic heterocycles. The van der Waals surface area contributed by atoms with E-state index in [4.69, 9.17) is 23.8 Å². The highest BCUT2D eigenvalue weighted by atomic mass is 16.3.